The lowest BCUT2D eigenvalue weighted by atomic mass is 10.1. The highest BCUT2D eigenvalue weighted by Gasteiger charge is 2.31. The minimum atomic E-state index is -4.80. The molecule has 0 atom stereocenters. The number of unbranched alkanes of at least 4 members (excludes halogenated alkanes) is 1. The topological polar surface area (TPSA) is 112 Å². The van der Waals surface area contributed by atoms with Gasteiger partial charge in [0.05, 0.1) is 18.3 Å². The van der Waals surface area contributed by atoms with Gasteiger partial charge in [-0.3, -0.25) is 14.3 Å². The average molecular weight is 500 g/mol. The maximum atomic E-state index is 12.4. The molecule has 36 heavy (non-hydrogen) atoms. The Morgan fingerprint density at radius 1 is 1.11 bits per heavy atom. The standard InChI is InChI=1S/C24H23F3N6O3/c1-2-3-10-21(34)20-16-33(32-30-20)13-5-4-8-18-11-12-22(31-29-18)28-23(35)15-17-7-6-9-19(14-17)36-24(25,26)27/h1,6-7,9,11-12,14,16H,3-5,8,10,13,15H2,(H,28,31,35). The van der Waals surface area contributed by atoms with Crippen molar-refractivity contribution in [2.75, 3.05) is 5.32 Å². The summed E-state index contributed by atoms with van der Waals surface area (Å²) in [4.78, 5) is 24.1. The van der Waals surface area contributed by atoms with Gasteiger partial charge in [0.25, 0.3) is 0 Å². The Hall–Kier alpha value is -4.27. The second-order valence-electron chi connectivity index (χ2n) is 7.78. The molecular weight excluding hydrogens is 477 g/mol. The summed E-state index contributed by atoms with van der Waals surface area (Å²) < 4.78 is 42.5. The van der Waals surface area contributed by atoms with Crippen molar-refractivity contribution in [1.82, 2.24) is 25.2 Å². The molecule has 3 aromatic rings. The number of carbonyl (C=O) groups is 2. The molecule has 2 heterocycles. The molecule has 0 radical (unpaired) electrons. The van der Waals surface area contributed by atoms with Crippen molar-refractivity contribution in [3.8, 4) is 18.1 Å². The molecule has 0 bridgehead atoms. The molecule has 0 fully saturated rings. The molecular formula is C24H23F3N6O3. The molecule has 3 rings (SSSR count). The number of benzene rings is 1. The van der Waals surface area contributed by atoms with Gasteiger partial charge in [-0.05, 0) is 49.1 Å². The van der Waals surface area contributed by atoms with Crippen molar-refractivity contribution < 1.29 is 27.5 Å². The molecule has 2 aromatic heterocycles. The molecule has 0 aliphatic carbocycles. The number of amides is 1. The molecule has 1 aromatic carbocycles. The molecule has 0 spiro atoms. The summed E-state index contributed by atoms with van der Waals surface area (Å²) >= 11 is 0. The van der Waals surface area contributed by atoms with Crippen molar-refractivity contribution >= 4 is 17.5 Å². The Kier molecular flexibility index (Phi) is 9.10. The van der Waals surface area contributed by atoms with E-state index in [4.69, 9.17) is 6.42 Å². The van der Waals surface area contributed by atoms with Gasteiger partial charge in [0.15, 0.2) is 11.6 Å². The lowest BCUT2D eigenvalue weighted by molar-refractivity contribution is -0.274. The number of ether oxygens (including phenoxy) is 1. The second kappa shape index (κ2) is 12.4. The zero-order valence-corrected chi connectivity index (χ0v) is 19.2. The van der Waals surface area contributed by atoms with Crippen LogP contribution in [0.25, 0.3) is 0 Å². The van der Waals surface area contributed by atoms with Gasteiger partial charge < -0.3 is 10.1 Å². The van der Waals surface area contributed by atoms with Gasteiger partial charge in [-0.25, -0.2) is 0 Å². The Labute approximate surface area is 205 Å². The minimum Gasteiger partial charge on any atom is -0.406 e. The third kappa shape index (κ3) is 8.83. The van der Waals surface area contributed by atoms with Crippen LogP contribution in [-0.2, 0) is 24.2 Å². The van der Waals surface area contributed by atoms with Crippen LogP contribution in [0.5, 0.6) is 5.75 Å². The third-order valence-corrected chi connectivity index (χ3v) is 4.87. The number of ketones is 1. The first kappa shape index (κ1) is 26.3. The van der Waals surface area contributed by atoms with E-state index >= 15 is 0 Å². The van der Waals surface area contributed by atoms with Gasteiger partial charge in [0.1, 0.15) is 11.4 Å². The monoisotopic (exact) mass is 500 g/mol. The Morgan fingerprint density at radius 3 is 2.67 bits per heavy atom. The molecule has 12 heteroatoms. The Bertz CT molecular complexity index is 1220. The summed E-state index contributed by atoms with van der Waals surface area (Å²) in [5.41, 5.74) is 1.39. The predicted molar refractivity (Wildman–Crippen MR) is 123 cm³/mol. The number of alkyl halides is 3. The van der Waals surface area contributed by atoms with Gasteiger partial charge in [-0.1, -0.05) is 17.3 Å². The van der Waals surface area contributed by atoms with Gasteiger partial charge in [0, 0.05) is 19.4 Å². The maximum absolute atomic E-state index is 12.4. The smallest absolute Gasteiger partial charge is 0.406 e. The number of aromatic nitrogens is 5. The number of carbonyl (C=O) groups excluding carboxylic acids is 2. The fourth-order valence-electron chi connectivity index (χ4n) is 3.21. The van der Waals surface area contributed by atoms with Crippen LogP contribution < -0.4 is 10.1 Å². The van der Waals surface area contributed by atoms with Crippen molar-refractivity contribution in [3.63, 3.8) is 0 Å². The normalized spacial score (nSPS) is 11.1. The number of nitrogens with one attached hydrogen (secondary N) is 1. The number of rotatable bonds is 12. The molecule has 0 aliphatic rings. The molecule has 0 unspecified atom stereocenters. The molecule has 188 valence electrons. The van der Waals surface area contributed by atoms with Crippen LogP contribution in [0.1, 0.15) is 47.4 Å². The van der Waals surface area contributed by atoms with Crippen LogP contribution in [-0.4, -0.2) is 43.2 Å². The van der Waals surface area contributed by atoms with Crippen molar-refractivity contribution in [1.29, 1.82) is 0 Å². The first-order valence-corrected chi connectivity index (χ1v) is 11.1. The number of aryl methyl sites for hydroxylation is 2. The first-order chi connectivity index (χ1) is 17.2. The number of Topliss-reactive ketones (excluding diaryl/α,β-unsaturated/α-hetero) is 1. The molecule has 0 saturated heterocycles. The van der Waals surface area contributed by atoms with Crippen LogP contribution in [0, 0.1) is 12.3 Å². The van der Waals surface area contributed by atoms with Gasteiger partial charge in [-0.15, -0.1) is 35.7 Å². The first-order valence-electron chi connectivity index (χ1n) is 11.1. The Morgan fingerprint density at radius 2 is 1.94 bits per heavy atom. The van der Waals surface area contributed by atoms with Gasteiger partial charge in [-0.2, -0.15) is 5.10 Å². The lowest BCUT2D eigenvalue weighted by Gasteiger charge is -2.10. The number of terminal acetylenes is 1. The van der Waals surface area contributed by atoms with Gasteiger partial charge in [0.2, 0.25) is 5.91 Å². The minimum absolute atomic E-state index is 0.134. The molecule has 9 nitrogen and oxygen atoms in total. The van der Waals surface area contributed by atoms with Crippen LogP contribution >= 0.6 is 0 Å². The summed E-state index contributed by atoms with van der Waals surface area (Å²) in [6.07, 6.45) is 4.63. The van der Waals surface area contributed by atoms with Crippen LogP contribution in [0.4, 0.5) is 19.0 Å². The quantitative estimate of drug-likeness (QED) is 0.229. The zero-order valence-electron chi connectivity index (χ0n) is 19.2. The number of hydrogen-bond acceptors (Lipinski definition) is 7. The molecule has 1 N–H and O–H groups in total. The third-order valence-electron chi connectivity index (χ3n) is 4.87. The van der Waals surface area contributed by atoms with Crippen LogP contribution in [0.3, 0.4) is 0 Å². The van der Waals surface area contributed by atoms with Crippen molar-refractivity contribution in [2.45, 2.75) is 51.4 Å². The van der Waals surface area contributed by atoms with E-state index in [1.165, 1.54) is 12.1 Å². The summed E-state index contributed by atoms with van der Waals surface area (Å²) in [6, 6.07) is 8.55. The van der Waals surface area contributed by atoms with Crippen LogP contribution in [0.15, 0.2) is 42.6 Å². The fourth-order valence-corrected chi connectivity index (χ4v) is 3.21. The Balaban J connectivity index is 1.40. The molecule has 0 aliphatic heterocycles. The number of hydrogen-bond donors (Lipinski definition) is 1. The largest absolute Gasteiger partial charge is 0.573 e. The highest BCUT2D eigenvalue weighted by Crippen LogP contribution is 2.23. The van der Waals surface area contributed by atoms with E-state index in [9.17, 15) is 22.8 Å². The summed E-state index contributed by atoms with van der Waals surface area (Å²) in [6.45, 7) is 0.589. The van der Waals surface area contributed by atoms with E-state index in [1.807, 2.05) is 0 Å². The number of halogens is 3. The van der Waals surface area contributed by atoms with E-state index in [-0.39, 0.29) is 24.4 Å². The highest BCUT2D eigenvalue weighted by atomic mass is 19.4. The highest BCUT2D eigenvalue weighted by molar-refractivity contribution is 5.94. The maximum Gasteiger partial charge on any atom is 0.573 e. The SMILES string of the molecule is C#CCCC(=O)c1cn(CCCCc2ccc(NC(=O)Cc3cccc(OC(F)(F)F)c3)nn2)nn1. The second-order valence-corrected chi connectivity index (χ2v) is 7.78. The summed E-state index contributed by atoms with van der Waals surface area (Å²) in [5, 5.41) is 18.4. The molecule has 0 saturated carbocycles. The lowest BCUT2D eigenvalue weighted by Crippen LogP contribution is -2.18. The van der Waals surface area contributed by atoms with E-state index in [0.717, 1.165) is 30.7 Å². The summed E-state index contributed by atoms with van der Waals surface area (Å²) in [7, 11) is 0. The van der Waals surface area contributed by atoms with E-state index in [2.05, 4.69) is 36.5 Å². The summed E-state index contributed by atoms with van der Waals surface area (Å²) in [5.74, 6) is 1.67. The van der Waals surface area contributed by atoms with Crippen molar-refractivity contribution in [3.05, 3.63) is 59.5 Å². The van der Waals surface area contributed by atoms with E-state index in [1.54, 1.807) is 23.0 Å². The molecule has 1 amide bonds. The van der Waals surface area contributed by atoms with Gasteiger partial charge >= 0.3 is 6.36 Å². The zero-order chi connectivity index (χ0) is 26.0. The van der Waals surface area contributed by atoms with Crippen molar-refractivity contribution in [2.24, 2.45) is 0 Å². The number of anilines is 1. The predicted octanol–water partition coefficient (Wildman–Crippen LogP) is 3.77. The van der Waals surface area contributed by atoms with E-state index in [0.29, 0.717) is 30.6 Å². The fraction of sp³-hybridized carbons (Fsp3) is 0.333. The van der Waals surface area contributed by atoms with E-state index < -0.39 is 18.0 Å². The number of nitrogens with zero attached hydrogens (tertiary/aromatic N) is 5. The average Bonchev–Trinajstić information content (AvgIpc) is 3.29. The van der Waals surface area contributed by atoms with Crippen LogP contribution in [0.2, 0.25) is 0 Å².